The van der Waals surface area contributed by atoms with Crippen LogP contribution in [0.2, 0.25) is 0 Å². The van der Waals surface area contributed by atoms with Gasteiger partial charge in [0, 0.05) is 20.0 Å². The Morgan fingerprint density at radius 1 is 1.00 bits per heavy atom. The largest absolute Gasteiger partial charge is 0.493 e. The summed E-state index contributed by atoms with van der Waals surface area (Å²) in [5, 5.41) is 5.43. The van der Waals surface area contributed by atoms with Crippen molar-refractivity contribution in [2.75, 3.05) is 19.5 Å². The maximum absolute atomic E-state index is 12.9. The molecule has 2 N–H and O–H groups in total. The van der Waals surface area contributed by atoms with Crippen LogP contribution in [0.3, 0.4) is 0 Å². The summed E-state index contributed by atoms with van der Waals surface area (Å²) in [5.41, 5.74) is 0.594. The monoisotopic (exact) mass is 478 g/mol. The van der Waals surface area contributed by atoms with Crippen molar-refractivity contribution in [2.24, 2.45) is 7.05 Å². The van der Waals surface area contributed by atoms with Gasteiger partial charge < -0.3 is 20.1 Å². The quantitative estimate of drug-likeness (QED) is 0.504. The van der Waals surface area contributed by atoms with Gasteiger partial charge in [-0.25, -0.2) is 4.79 Å². The third kappa shape index (κ3) is 4.68. The van der Waals surface area contributed by atoms with E-state index >= 15 is 0 Å². The molecule has 0 unspecified atom stereocenters. The van der Waals surface area contributed by atoms with E-state index in [-0.39, 0.29) is 30.9 Å². The number of nitrogens with zero attached hydrogens (tertiary/aromatic N) is 2. The predicted octanol–water partition coefficient (Wildman–Crippen LogP) is 1.35. The minimum atomic E-state index is -1.00. The van der Waals surface area contributed by atoms with Crippen LogP contribution in [0, 0.1) is 0 Å². The van der Waals surface area contributed by atoms with E-state index < -0.39 is 29.0 Å². The number of aromatic nitrogens is 2. The molecule has 10 heteroatoms. The number of carbonyl (C=O) groups is 2. The highest BCUT2D eigenvalue weighted by molar-refractivity contribution is 6.04. The fraction of sp³-hybridized carbons (Fsp3) is 0.280. The molecule has 182 valence electrons. The average Bonchev–Trinajstić information content (AvgIpc) is 3.19. The number of ether oxygens (including phenoxy) is 2. The molecule has 2 aromatic carbocycles. The van der Waals surface area contributed by atoms with Crippen LogP contribution < -0.4 is 31.4 Å². The van der Waals surface area contributed by atoms with Gasteiger partial charge in [0.25, 0.3) is 5.56 Å². The fourth-order valence-electron chi connectivity index (χ4n) is 4.13. The third-order valence-electron chi connectivity index (χ3n) is 6.00. The van der Waals surface area contributed by atoms with Crippen LogP contribution in [-0.2, 0) is 29.7 Å². The summed E-state index contributed by atoms with van der Waals surface area (Å²) in [6.07, 6.45) is -0.231. The molecule has 3 aromatic rings. The lowest BCUT2D eigenvalue weighted by molar-refractivity contribution is -0.125. The second-order valence-corrected chi connectivity index (χ2v) is 8.19. The number of hydrogen-bond acceptors (Lipinski definition) is 6. The van der Waals surface area contributed by atoms with E-state index in [9.17, 15) is 19.2 Å². The van der Waals surface area contributed by atoms with Crippen LogP contribution in [-0.4, -0.2) is 35.2 Å². The van der Waals surface area contributed by atoms with E-state index in [0.29, 0.717) is 11.5 Å². The maximum Gasteiger partial charge on any atom is 0.332 e. The Kier molecular flexibility index (Phi) is 6.72. The molecule has 0 radical (unpaired) electrons. The highest BCUT2D eigenvalue weighted by Crippen LogP contribution is 2.32. The number of hydrogen-bond donors (Lipinski definition) is 2. The first kappa shape index (κ1) is 23.8. The van der Waals surface area contributed by atoms with Crippen LogP contribution in [0.15, 0.2) is 58.1 Å². The van der Waals surface area contributed by atoms with Crippen LogP contribution in [0.5, 0.6) is 11.5 Å². The summed E-state index contributed by atoms with van der Waals surface area (Å²) in [5.74, 6) is -0.662. The van der Waals surface area contributed by atoms with Gasteiger partial charge in [0.15, 0.2) is 11.5 Å². The molecular weight excluding hydrogens is 452 g/mol. The summed E-state index contributed by atoms with van der Waals surface area (Å²) in [6.45, 7) is 0.376. The van der Waals surface area contributed by atoms with Gasteiger partial charge in [0.2, 0.25) is 11.8 Å². The number of amides is 2. The first-order valence-corrected chi connectivity index (χ1v) is 11.0. The highest BCUT2D eigenvalue weighted by Gasteiger charge is 2.38. The maximum atomic E-state index is 12.9. The number of benzene rings is 2. The molecule has 0 saturated carbocycles. The van der Waals surface area contributed by atoms with Gasteiger partial charge in [-0.1, -0.05) is 36.4 Å². The van der Waals surface area contributed by atoms with Gasteiger partial charge in [-0.3, -0.25) is 23.5 Å². The second kappa shape index (κ2) is 9.88. The van der Waals surface area contributed by atoms with Crippen LogP contribution >= 0.6 is 0 Å². The van der Waals surface area contributed by atoms with Crippen molar-refractivity contribution in [1.29, 1.82) is 0 Å². The van der Waals surface area contributed by atoms with Crippen LogP contribution in [0.25, 0.3) is 0 Å². The van der Waals surface area contributed by atoms with Gasteiger partial charge in [0.05, 0.1) is 32.2 Å². The summed E-state index contributed by atoms with van der Waals surface area (Å²) in [7, 11) is 4.42. The molecule has 2 heterocycles. The molecule has 1 aliphatic rings. The van der Waals surface area contributed by atoms with Gasteiger partial charge >= 0.3 is 5.69 Å². The Morgan fingerprint density at radius 2 is 1.71 bits per heavy atom. The zero-order chi connectivity index (χ0) is 25.1. The second-order valence-electron chi connectivity index (χ2n) is 8.19. The lowest BCUT2D eigenvalue weighted by Gasteiger charge is -2.14. The van der Waals surface area contributed by atoms with Crippen molar-refractivity contribution in [3.05, 3.63) is 86.1 Å². The van der Waals surface area contributed by atoms with Gasteiger partial charge in [-0.15, -0.1) is 0 Å². The number of nitrogens with one attached hydrogen (secondary N) is 2. The average molecular weight is 479 g/mol. The SMILES string of the molecule is COc1ccc(CNC(=O)C[C@H]2C(=O)Nc3c2c(=O)n(C)c(=O)n3Cc2ccccc2)cc1OC. The van der Waals surface area contributed by atoms with E-state index in [0.717, 1.165) is 15.7 Å². The zero-order valence-electron chi connectivity index (χ0n) is 19.7. The first-order valence-electron chi connectivity index (χ1n) is 11.0. The number of carbonyl (C=O) groups excluding carboxylic acids is 2. The number of anilines is 1. The summed E-state index contributed by atoms with van der Waals surface area (Å²) in [4.78, 5) is 51.3. The Bertz CT molecular complexity index is 1390. The van der Waals surface area contributed by atoms with Crippen molar-refractivity contribution in [3.8, 4) is 11.5 Å². The molecule has 1 atom stereocenters. The Hall–Kier alpha value is -4.34. The standard InChI is InChI=1S/C25H26N4O6/c1-28-24(32)21-17(12-20(30)26-13-16-9-10-18(34-2)19(11-16)35-3)23(31)27-22(21)29(25(28)33)14-15-7-5-4-6-8-15/h4-11,17H,12-14H2,1-3H3,(H,26,30)(H,27,31)/t17-/m1/s1. The van der Waals surface area contributed by atoms with E-state index in [1.807, 2.05) is 30.3 Å². The van der Waals surface area contributed by atoms with Gasteiger partial charge in [-0.2, -0.15) is 0 Å². The van der Waals surface area contributed by atoms with E-state index in [1.165, 1.54) is 25.8 Å². The van der Waals surface area contributed by atoms with Crippen molar-refractivity contribution in [1.82, 2.24) is 14.5 Å². The third-order valence-corrected chi connectivity index (χ3v) is 6.00. The lowest BCUT2D eigenvalue weighted by atomic mass is 9.99. The summed E-state index contributed by atoms with van der Waals surface area (Å²) < 4.78 is 12.8. The molecular formula is C25H26N4O6. The zero-order valence-corrected chi connectivity index (χ0v) is 19.7. The smallest absolute Gasteiger partial charge is 0.332 e. The molecule has 1 aromatic heterocycles. The lowest BCUT2D eigenvalue weighted by Crippen LogP contribution is -2.40. The van der Waals surface area contributed by atoms with Crippen molar-refractivity contribution < 1.29 is 19.1 Å². The first-order chi connectivity index (χ1) is 16.8. The topological polar surface area (TPSA) is 121 Å². The van der Waals surface area contributed by atoms with Crippen LogP contribution in [0.4, 0.5) is 5.82 Å². The molecule has 1 aliphatic heterocycles. The molecule has 4 rings (SSSR count). The highest BCUT2D eigenvalue weighted by atomic mass is 16.5. The Morgan fingerprint density at radius 3 is 2.40 bits per heavy atom. The van der Waals surface area contributed by atoms with E-state index in [4.69, 9.17) is 9.47 Å². The minimum Gasteiger partial charge on any atom is -0.493 e. The molecule has 0 fully saturated rings. The van der Waals surface area contributed by atoms with E-state index in [2.05, 4.69) is 10.6 Å². The van der Waals surface area contributed by atoms with Gasteiger partial charge in [-0.05, 0) is 23.3 Å². The number of rotatable bonds is 8. The van der Waals surface area contributed by atoms with E-state index in [1.54, 1.807) is 18.2 Å². The molecule has 0 aliphatic carbocycles. The van der Waals surface area contributed by atoms with Crippen molar-refractivity contribution >= 4 is 17.6 Å². The fourth-order valence-corrected chi connectivity index (χ4v) is 4.13. The summed E-state index contributed by atoms with van der Waals surface area (Å²) >= 11 is 0. The van der Waals surface area contributed by atoms with Crippen LogP contribution in [0.1, 0.15) is 29.0 Å². The molecule has 35 heavy (non-hydrogen) atoms. The van der Waals surface area contributed by atoms with Crippen molar-refractivity contribution in [3.63, 3.8) is 0 Å². The predicted molar refractivity (Wildman–Crippen MR) is 129 cm³/mol. The molecule has 0 spiro atoms. The van der Waals surface area contributed by atoms with Gasteiger partial charge in [0.1, 0.15) is 5.82 Å². The number of methoxy groups -OCH3 is 2. The molecule has 0 bridgehead atoms. The van der Waals surface area contributed by atoms with Crippen molar-refractivity contribution in [2.45, 2.75) is 25.4 Å². The summed E-state index contributed by atoms with van der Waals surface area (Å²) in [6, 6.07) is 14.5. The molecule has 0 saturated heterocycles. The minimum absolute atomic E-state index is 0.120. The number of fused-ring (bicyclic) bond motifs is 1. The normalized spacial score (nSPS) is 14.3. The molecule has 10 nitrogen and oxygen atoms in total. The molecule has 2 amide bonds. The Labute approximate surface area is 201 Å². The Balaban J connectivity index is 1.56.